The highest BCUT2D eigenvalue weighted by Gasteiger charge is 2.24. The fraction of sp³-hybridized carbons (Fsp3) is 0.333. The molecule has 0 unspecified atom stereocenters. The van der Waals surface area contributed by atoms with Gasteiger partial charge in [0.25, 0.3) is 5.91 Å². The van der Waals surface area contributed by atoms with Crippen LogP contribution in [0.2, 0.25) is 0 Å². The molecule has 0 radical (unpaired) electrons. The molecule has 156 valence electrons. The Bertz CT molecular complexity index is 1100. The molecule has 3 aromatic rings. The van der Waals surface area contributed by atoms with E-state index in [9.17, 15) is 9.59 Å². The van der Waals surface area contributed by atoms with Crippen molar-refractivity contribution in [3.8, 4) is 5.75 Å². The highest BCUT2D eigenvalue weighted by molar-refractivity contribution is 6.05. The predicted molar refractivity (Wildman–Crippen MR) is 116 cm³/mol. The Kier molecular flexibility index (Phi) is 5.86. The molecule has 30 heavy (non-hydrogen) atoms. The van der Waals surface area contributed by atoms with Crippen molar-refractivity contribution in [2.45, 2.75) is 20.4 Å². The average Bonchev–Trinajstić information content (AvgIpc) is 2.75. The van der Waals surface area contributed by atoms with Crippen LogP contribution < -0.4 is 10.4 Å². The van der Waals surface area contributed by atoms with Crippen molar-refractivity contribution in [2.75, 3.05) is 32.8 Å². The van der Waals surface area contributed by atoms with E-state index in [4.69, 9.17) is 9.15 Å². The Morgan fingerprint density at radius 2 is 1.77 bits per heavy atom. The van der Waals surface area contributed by atoms with Crippen molar-refractivity contribution in [3.05, 3.63) is 75.6 Å². The first-order chi connectivity index (χ1) is 14.5. The van der Waals surface area contributed by atoms with Gasteiger partial charge in [-0.15, -0.1) is 0 Å². The smallest absolute Gasteiger partial charge is 0.337 e. The number of fused-ring (bicyclic) bond motifs is 1. The van der Waals surface area contributed by atoms with Gasteiger partial charge in [0.1, 0.15) is 11.3 Å². The largest absolute Gasteiger partial charge is 0.494 e. The normalized spacial score (nSPS) is 14.8. The van der Waals surface area contributed by atoms with Crippen LogP contribution >= 0.6 is 0 Å². The molecule has 1 aromatic heterocycles. The Hall–Kier alpha value is -3.12. The monoisotopic (exact) mass is 406 g/mol. The summed E-state index contributed by atoms with van der Waals surface area (Å²) in [6.45, 7) is 8.22. The number of benzene rings is 2. The number of hydrogen-bond donors (Lipinski definition) is 0. The van der Waals surface area contributed by atoms with Crippen LogP contribution in [-0.4, -0.2) is 48.5 Å². The van der Waals surface area contributed by atoms with Gasteiger partial charge in [0.15, 0.2) is 0 Å². The zero-order valence-electron chi connectivity index (χ0n) is 17.4. The number of aryl methyl sites for hydroxylation is 1. The van der Waals surface area contributed by atoms with Gasteiger partial charge in [-0.3, -0.25) is 9.69 Å². The molecule has 4 rings (SSSR count). The molecule has 0 aliphatic carbocycles. The van der Waals surface area contributed by atoms with Gasteiger partial charge in [0, 0.05) is 50.2 Å². The van der Waals surface area contributed by atoms with Gasteiger partial charge in [0.05, 0.1) is 12.2 Å². The van der Waals surface area contributed by atoms with Gasteiger partial charge in [-0.1, -0.05) is 29.8 Å². The number of ether oxygens (including phenoxy) is 1. The second kappa shape index (κ2) is 8.71. The highest BCUT2D eigenvalue weighted by Crippen LogP contribution is 2.24. The van der Waals surface area contributed by atoms with E-state index in [-0.39, 0.29) is 5.91 Å². The van der Waals surface area contributed by atoms with Gasteiger partial charge in [-0.2, -0.15) is 0 Å². The summed E-state index contributed by atoms with van der Waals surface area (Å²) in [5.74, 6) is 0.481. The fourth-order valence-electron chi connectivity index (χ4n) is 3.81. The average molecular weight is 406 g/mol. The summed E-state index contributed by atoms with van der Waals surface area (Å²) in [6.07, 6.45) is 0. The summed E-state index contributed by atoms with van der Waals surface area (Å²) in [5, 5.41) is 0.630. The molecule has 1 aliphatic rings. The molecule has 0 atom stereocenters. The first kappa shape index (κ1) is 20.2. The topological polar surface area (TPSA) is 63.0 Å². The van der Waals surface area contributed by atoms with E-state index in [0.717, 1.165) is 19.6 Å². The Morgan fingerprint density at radius 3 is 2.47 bits per heavy atom. The first-order valence-electron chi connectivity index (χ1n) is 10.3. The maximum atomic E-state index is 13.2. The third-order valence-electron chi connectivity index (χ3n) is 5.44. The van der Waals surface area contributed by atoms with E-state index in [1.807, 2.05) is 11.8 Å². The van der Waals surface area contributed by atoms with Crippen LogP contribution in [0.15, 0.2) is 57.7 Å². The number of carbonyl (C=O) groups excluding carboxylic acids is 1. The number of piperazine rings is 1. The highest BCUT2D eigenvalue weighted by atomic mass is 16.5. The van der Waals surface area contributed by atoms with Crippen molar-refractivity contribution in [1.82, 2.24) is 9.80 Å². The summed E-state index contributed by atoms with van der Waals surface area (Å²) in [7, 11) is 0. The first-order valence-corrected chi connectivity index (χ1v) is 10.3. The molecule has 2 aromatic carbocycles. The maximum Gasteiger partial charge on any atom is 0.337 e. The van der Waals surface area contributed by atoms with Crippen LogP contribution in [0.1, 0.15) is 28.4 Å². The third-order valence-corrected chi connectivity index (χ3v) is 5.44. The summed E-state index contributed by atoms with van der Waals surface area (Å²) in [4.78, 5) is 29.4. The molecule has 1 fully saturated rings. The van der Waals surface area contributed by atoms with Gasteiger partial charge in [0.2, 0.25) is 0 Å². The lowest BCUT2D eigenvalue weighted by Crippen LogP contribution is -2.48. The minimum Gasteiger partial charge on any atom is -0.494 e. The fourth-order valence-corrected chi connectivity index (χ4v) is 3.81. The van der Waals surface area contributed by atoms with Crippen molar-refractivity contribution in [2.24, 2.45) is 0 Å². The second-order valence-electron chi connectivity index (χ2n) is 7.62. The number of carbonyl (C=O) groups is 1. The van der Waals surface area contributed by atoms with E-state index >= 15 is 0 Å². The predicted octanol–water partition coefficient (Wildman–Crippen LogP) is 3.46. The minimum atomic E-state index is -0.530. The summed E-state index contributed by atoms with van der Waals surface area (Å²) >= 11 is 0. The van der Waals surface area contributed by atoms with Crippen LogP contribution in [0.4, 0.5) is 0 Å². The summed E-state index contributed by atoms with van der Waals surface area (Å²) < 4.78 is 10.8. The molecule has 1 saturated heterocycles. The van der Waals surface area contributed by atoms with Gasteiger partial charge in [-0.25, -0.2) is 4.79 Å². The van der Waals surface area contributed by atoms with Crippen LogP contribution in [0.3, 0.4) is 0 Å². The molecule has 0 saturated carbocycles. The van der Waals surface area contributed by atoms with Crippen LogP contribution in [0.5, 0.6) is 5.75 Å². The molecule has 2 heterocycles. The van der Waals surface area contributed by atoms with Gasteiger partial charge < -0.3 is 14.1 Å². The quantitative estimate of drug-likeness (QED) is 0.607. The lowest BCUT2D eigenvalue weighted by molar-refractivity contribution is 0.0629. The van der Waals surface area contributed by atoms with E-state index in [1.54, 1.807) is 18.2 Å². The van der Waals surface area contributed by atoms with Crippen molar-refractivity contribution >= 4 is 16.9 Å². The van der Waals surface area contributed by atoms with E-state index in [1.165, 1.54) is 17.2 Å². The SMILES string of the molecule is CCOc1ccc2c(C(=O)N3CCN(Cc4ccc(C)cc4)CC3)cc(=O)oc2c1. The second-order valence-corrected chi connectivity index (χ2v) is 7.62. The number of nitrogens with zero attached hydrogens (tertiary/aromatic N) is 2. The minimum absolute atomic E-state index is 0.132. The number of amides is 1. The maximum absolute atomic E-state index is 13.2. The molecule has 0 bridgehead atoms. The zero-order chi connectivity index (χ0) is 21.1. The number of hydrogen-bond acceptors (Lipinski definition) is 5. The number of rotatable bonds is 5. The zero-order valence-corrected chi connectivity index (χ0v) is 17.4. The molecule has 1 aliphatic heterocycles. The van der Waals surface area contributed by atoms with Gasteiger partial charge in [-0.05, 0) is 31.5 Å². The van der Waals surface area contributed by atoms with Crippen molar-refractivity contribution in [3.63, 3.8) is 0 Å². The Balaban J connectivity index is 1.48. The lowest BCUT2D eigenvalue weighted by Gasteiger charge is -2.35. The van der Waals surface area contributed by atoms with Crippen molar-refractivity contribution in [1.29, 1.82) is 0 Å². The molecular weight excluding hydrogens is 380 g/mol. The molecule has 6 heteroatoms. The molecule has 6 nitrogen and oxygen atoms in total. The molecule has 1 amide bonds. The third kappa shape index (κ3) is 4.39. The van der Waals surface area contributed by atoms with Gasteiger partial charge >= 0.3 is 5.63 Å². The molecule has 0 N–H and O–H groups in total. The van der Waals surface area contributed by atoms with E-state index < -0.39 is 5.63 Å². The molecular formula is C24H26N2O4. The van der Waals surface area contributed by atoms with E-state index in [0.29, 0.717) is 42.0 Å². The van der Waals surface area contributed by atoms with Crippen LogP contribution in [-0.2, 0) is 6.54 Å². The lowest BCUT2D eigenvalue weighted by atomic mass is 10.1. The molecule has 0 spiro atoms. The summed E-state index contributed by atoms with van der Waals surface area (Å²) in [6, 6.07) is 15.1. The van der Waals surface area contributed by atoms with E-state index in [2.05, 4.69) is 36.1 Å². The Morgan fingerprint density at radius 1 is 1.03 bits per heavy atom. The summed E-state index contributed by atoms with van der Waals surface area (Å²) in [5.41, 5.74) is 2.75. The van der Waals surface area contributed by atoms with Crippen LogP contribution in [0.25, 0.3) is 11.0 Å². The van der Waals surface area contributed by atoms with Crippen LogP contribution in [0, 0.1) is 6.92 Å². The standard InChI is InChI=1S/C24H26N2O4/c1-3-29-19-8-9-20-21(15-23(27)30-22(20)14-19)24(28)26-12-10-25(11-13-26)16-18-6-4-17(2)5-7-18/h4-9,14-15H,3,10-13,16H2,1-2H3. The Labute approximate surface area is 175 Å². The van der Waals surface area contributed by atoms with Crippen molar-refractivity contribution < 1.29 is 13.9 Å².